The van der Waals surface area contributed by atoms with Gasteiger partial charge in [0.25, 0.3) is 0 Å². The maximum absolute atomic E-state index is 11.5. The highest BCUT2D eigenvalue weighted by Gasteiger charge is 2.28. The first-order valence-corrected chi connectivity index (χ1v) is 6.33. The number of nitrogens with zero attached hydrogens (tertiary/aromatic N) is 1. The van der Waals surface area contributed by atoms with E-state index in [9.17, 15) is 4.79 Å². The zero-order valence-electron chi connectivity index (χ0n) is 10.7. The molecule has 1 aromatic rings. The molecule has 0 saturated heterocycles. The summed E-state index contributed by atoms with van der Waals surface area (Å²) in [5, 5.41) is 0. The smallest absolute Gasteiger partial charge is 0.330 e. The van der Waals surface area contributed by atoms with Gasteiger partial charge in [-0.1, -0.05) is 13.8 Å². The first-order valence-electron chi connectivity index (χ1n) is 6.33. The van der Waals surface area contributed by atoms with Gasteiger partial charge < -0.3 is 10.7 Å². The number of aromatic amines is 1. The van der Waals surface area contributed by atoms with Gasteiger partial charge in [-0.05, 0) is 49.6 Å². The van der Waals surface area contributed by atoms with Gasteiger partial charge in [0, 0.05) is 5.69 Å². The number of nitrogens with one attached hydrogen (secondary N) is 1. The lowest BCUT2D eigenvalue weighted by atomic mass is 9.75. The monoisotopic (exact) mass is 235 g/mol. The molecule has 0 fully saturated rings. The molecule has 0 radical (unpaired) electrons. The fourth-order valence-corrected chi connectivity index (χ4v) is 2.53. The average Bonchev–Trinajstić information content (AvgIpc) is 2.26. The number of H-pyrrole nitrogens is 1. The number of nitrogens with two attached hydrogens (primary N) is 1. The summed E-state index contributed by atoms with van der Waals surface area (Å²) in [5.74, 6) is 0. The van der Waals surface area contributed by atoms with Crippen molar-refractivity contribution >= 4 is 0 Å². The van der Waals surface area contributed by atoms with Crippen LogP contribution in [-0.4, -0.2) is 16.5 Å². The number of fused-ring (bicyclic) bond motifs is 1. The SMILES string of the molecule is CC1(C)CCc2[nH]c(=O)nc(CCCN)c2C1. The van der Waals surface area contributed by atoms with Gasteiger partial charge in [0.05, 0.1) is 5.69 Å². The first-order chi connectivity index (χ1) is 8.02. The van der Waals surface area contributed by atoms with Crippen molar-refractivity contribution in [1.82, 2.24) is 9.97 Å². The van der Waals surface area contributed by atoms with Crippen molar-refractivity contribution in [3.8, 4) is 0 Å². The van der Waals surface area contributed by atoms with E-state index in [1.807, 2.05) is 0 Å². The molecule has 2 rings (SSSR count). The lowest BCUT2D eigenvalue weighted by Gasteiger charge is -2.31. The Balaban J connectivity index is 2.38. The molecule has 1 heterocycles. The molecular weight excluding hydrogens is 214 g/mol. The molecular formula is C13H21N3O. The van der Waals surface area contributed by atoms with Crippen LogP contribution in [0.25, 0.3) is 0 Å². The normalized spacial score (nSPS) is 17.8. The Hall–Kier alpha value is -1.16. The van der Waals surface area contributed by atoms with Gasteiger partial charge in [-0.15, -0.1) is 0 Å². The molecule has 1 aliphatic rings. The highest BCUT2D eigenvalue weighted by Crippen LogP contribution is 2.34. The van der Waals surface area contributed by atoms with Crippen molar-refractivity contribution < 1.29 is 0 Å². The van der Waals surface area contributed by atoms with Gasteiger partial charge in [-0.2, -0.15) is 4.98 Å². The van der Waals surface area contributed by atoms with Gasteiger partial charge in [0.2, 0.25) is 0 Å². The van der Waals surface area contributed by atoms with Crippen LogP contribution >= 0.6 is 0 Å². The zero-order chi connectivity index (χ0) is 12.5. The van der Waals surface area contributed by atoms with E-state index >= 15 is 0 Å². The fourth-order valence-electron chi connectivity index (χ4n) is 2.53. The van der Waals surface area contributed by atoms with Crippen LogP contribution in [-0.2, 0) is 19.3 Å². The van der Waals surface area contributed by atoms with Crippen LogP contribution in [0.15, 0.2) is 4.79 Å². The molecule has 0 aliphatic heterocycles. The van der Waals surface area contributed by atoms with E-state index < -0.39 is 0 Å². The van der Waals surface area contributed by atoms with Crippen molar-refractivity contribution in [2.75, 3.05) is 6.54 Å². The molecule has 4 nitrogen and oxygen atoms in total. The predicted octanol–water partition coefficient (Wildman–Crippen LogP) is 1.18. The van der Waals surface area contributed by atoms with E-state index in [4.69, 9.17) is 5.73 Å². The lowest BCUT2D eigenvalue weighted by molar-refractivity contribution is 0.309. The number of aryl methyl sites for hydroxylation is 2. The number of hydrogen-bond donors (Lipinski definition) is 2. The van der Waals surface area contributed by atoms with E-state index in [2.05, 4.69) is 23.8 Å². The summed E-state index contributed by atoms with van der Waals surface area (Å²) in [7, 11) is 0. The van der Waals surface area contributed by atoms with Crippen LogP contribution in [0.3, 0.4) is 0 Å². The molecule has 0 spiro atoms. The number of hydrogen-bond acceptors (Lipinski definition) is 3. The van der Waals surface area contributed by atoms with Crippen molar-refractivity contribution in [3.05, 3.63) is 27.4 Å². The first kappa shape index (κ1) is 12.3. The summed E-state index contributed by atoms with van der Waals surface area (Å²) >= 11 is 0. The molecule has 0 aromatic carbocycles. The third-order valence-electron chi connectivity index (χ3n) is 3.53. The number of rotatable bonds is 3. The second-order valence-corrected chi connectivity index (χ2v) is 5.68. The summed E-state index contributed by atoms with van der Waals surface area (Å²) in [6.45, 7) is 5.19. The van der Waals surface area contributed by atoms with Crippen LogP contribution in [0, 0.1) is 5.41 Å². The molecule has 1 aliphatic carbocycles. The summed E-state index contributed by atoms with van der Waals surface area (Å²) in [5.41, 5.74) is 8.94. The Morgan fingerprint density at radius 1 is 1.47 bits per heavy atom. The van der Waals surface area contributed by atoms with E-state index in [-0.39, 0.29) is 5.69 Å². The van der Waals surface area contributed by atoms with Crippen LogP contribution in [0.1, 0.15) is 43.6 Å². The minimum absolute atomic E-state index is 0.213. The second kappa shape index (κ2) is 4.61. The molecule has 0 amide bonds. The quantitative estimate of drug-likeness (QED) is 0.826. The third-order valence-corrected chi connectivity index (χ3v) is 3.53. The van der Waals surface area contributed by atoms with Crippen molar-refractivity contribution in [1.29, 1.82) is 0 Å². The molecule has 0 atom stereocenters. The van der Waals surface area contributed by atoms with Crippen LogP contribution in [0.2, 0.25) is 0 Å². The zero-order valence-corrected chi connectivity index (χ0v) is 10.7. The van der Waals surface area contributed by atoms with E-state index in [1.165, 1.54) is 5.56 Å². The van der Waals surface area contributed by atoms with Gasteiger partial charge in [-0.3, -0.25) is 0 Å². The summed E-state index contributed by atoms with van der Waals surface area (Å²) in [4.78, 5) is 18.5. The van der Waals surface area contributed by atoms with Crippen LogP contribution in [0.5, 0.6) is 0 Å². The minimum atomic E-state index is -0.213. The average molecular weight is 235 g/mol. The Morgan fingerprint density at radius 3 is 2.94 bits per heavy atom. The molecule has 1 aromatic heterocycles. The number of aromatic nitrogens is 2. The van der Waals surface area contributed by atoms with E-state index in [0.29, 0.717) is 12.0 Å². The molecule has 0 bridgehead atoms. The van der Waals surface area contributed by atoms with Crippen molar-refractivity contribution in [2.24, 2.45) is 11.1 Å². The molecule has 3 N–H and O–H groups in total. The Labute approximate surface area is 102 Å². The van der Waals surface area contributed by atoms with Gasteiger partial charge in [-0.25, -0.2) is 4.79 Å². The van der Waals surface area contributed by atoms with Crippen LogP contribution < -0.4 is 11.4 Å². The van der Waals surface area contributed by atoms with E-state index in [1.54, 1.807) is 0 Å². The third kappa shape index (κ3) is 2.75. The Morgan fingerprint density at radius 2 is 2.24 bits per heavy atom. The predicted molar refractivity (Wildman–Crippen MR) is 68.0 cm³/mol. The Kier molecular flexibility index (Phi) is 3.33. The fraction of sp³-hybridized carbons (Fsp3) is 0.692. The minimum Gasteiger partial charge on any atom is -0.330 e. The Bertz CT molecular complexity index is 462. The highest BCUT2D eigenvalue weighted by molar-refractivity contribution is 5.29. The lowest BCUT2D eigenvalue weighted by Crippen LogP contribution is -2.29. The maximum atomic E-state index is 11.5. The molecule has 0 saturated carbocycles. The highest BCUT2D eigenvalue weighted by atomic mass is 16.1. The largest absolute Gasteiger partial charge is 0.345 e. The maximum Gasteiger partial charge on any atom is 0.345 e. The summed E-state index contributed by atoms with van der Waals surface area (Å²) in [6, 6.07) is 0. The molecule has 0 unspecified atom stereocenters. The van der Waals surface area contributed by atoms with Gasteiger partial charge in [0.15, 0.2) is 0 Å². The van der Waals surface area contributed by atoms with Gasteiger partial charge >= 0.3 is 5.69 Å². The second-order valence-electron chi connectivity index (χ2n) is 5.68. The topological polar surface area (TPSA) is 71.8 Å². The van der Waals surface area contributed by atoms with Crippen LogP contribution in [0.4, 0.5) is 0 Å². The molecule has 17 heavy (non-hydrogen) atoms. The summed E-state index contributed by atoms with van der Waals surface area (Å²) < 4.78 is 0. The summed E-state index contributed by atoms with van der Waals surface area (Å²) in [6.07, 6.45) is 4.79. The van der Waals surface area contributed by atoms with E-state index in [0.717, 1.165) is 43.5 Å². The molecule has 94 valence electrons. The van der Waals surface area contributed by atoms with Crippen molar-refractivity contribution in [2.45, 2.75) is 46.0 Å². The van der Waals surface area contributed by atoms with Crippen molar-refractivity contribution in [3.63, 3.8) is 0 Å². The molecule has 4 heteroatoms. The standard InChI is InChI=1S/C13H21N3O/c1-13(2)6-5-11-9(8-13)10(4-3-7-14)15-12(17)16-11/h3-8,14H2,1-2H3,(H,15,16,17). The van der Waals surface area contributed by atoms with Gasteiger partial charge in [0.1, 0.15) is 0 Å².